The van der Waals surface area contributed by atoms with E-state index in [0.717, 1.165) is 38.5 Å². The molecule has 0 radical (unpaired) electrons. The normalized spacial score (nSPS) is 19.7. The molecule has 2 aliphatic rings. The predicted molar refractivity (Wildman–Crippen MR) is 243 cm³/mol. The van der Waals surface area contributed by atoms with E-state index in [0.29, 0.717) is 28.5 Å². The SMILES string of the molecule is COc1ccc([Si](C)(C)[C@@H]2[C@@H](CC(=O)N(CCO)Cc3ccccc3)O[C@]3(C(=O)N(Cc4cccc(NC(=O)Cc5c[nH]c6ccccc56)c4)c4ccc(Cl)cc43)[C@H]2C)cc1. The highest BCUT2D eigenvalue weighted by Gasteiger charge is 2.66. The smallest absolute Gasteiger partial charge is 0.264 e. The molecule has 5 aromatic carbocycles. The van der Waals surface area contributed by atoms with Crippen LogP contribution in [0.4, 0.5) is 11.4 Å². The molecule has 6 aromatic rings. The number of H-pyrrole nitrogens is 1. The lowest BCUT2D eigenvalue weighted by molar-refractivity contribution is -0.150. The summed E-state index contributed by atoms with van der Waals surface area (Å²) in [7, 11) is -0.924. The van der Waals surface area contributed by atoms with Crippen LogP contribution in [-0.2, 0) is 44.2 Å². The number of carbonyl (C=O) groups is 3. The van der Waals surface area contributed by atoms with Crippen molar-refractivity contribution in [1.29, 1.82) is 0 Å². The molecular weight excluding hydrogens is 804 g/mol. The zero-order valence-corrected chi connectivity index (χ0v) is 36.6. The molecule has 61 heavy (non-hydrogen) atoms. The van der Waals surface area contributed by atoms with Crippen LogP contribution < -0.4 is 20.1 Å². The van der Waals surface area contributed by atoms with Crippen molar-refractivity contribution in [2.75, 3.05) is 30.5 Å². The van der Waals surface area contributed by atoms with Crippen molar-refractivity contribution in [2.45, 2.75) is 63.2 Å². The summed E-state index contributed by atoms with van der Waals surface area (Å²) in [6.07, 6.45) is 1.47. The van der Waals surface area contributed by atoms with E-state index in [2.05, 4.69) is 42.5 Å². The minimum Gasteiger partial charge on any atom is -0.497 e. The molecule has 1 spiro atoms. The van der Waals surface area contributed by atoms with Crippen LogP contribution in [0.25, 0.3) is 10.9 Å². The lowest BCUT2D eigenvalue weighted by Gasteiger charge is -2.37. The lowest BCUT2D eigenvalue weighted by atomic mass is 9.82. The van der Waals surface area contributed by atoms with Crippen LogP contribution in [0.2, 0.25) is 23.7 Å². The second-order valence-corrected chi connectivity index (χ2v) is 21.8. The fourth-order valence-electron chi connectivity index (χ4n) is 9.75. The van der Waals surface area contributed by atoms with Gasteiger partial charge < -0.3 is 34.7 Å². The Bertz CT molecular complexity index is 2560. The minimum atomic E-state index is -2.57. The first-order valence-electron chi connectivity index (χ1n) is 20.7. The van der Waals surface area contributed by atoms with Gasteiger partial charge in [-0.1, -0.05) is 110 Å². The highest BCUT2D eigenvalue weighted by atomic mass is 35.5. The Morgan fingerprint density at radius 2 is 1.69 bits per heavy atom. The largest absolute Gasteiger partial charge is 0.497 e. The second-order valence-electron chi connectivity index (χ2n) is 16.7. The van der Waals surface area contributed by atoms with E-state index in [9.17, 15) is 14.7 Å². The molecule has 0 bridgehead atoms. The highest BCUT2D eigenvalue weighted by molar-refractivity contribution is 6.91. The van der Waals surface area contributed by atoms with Crippen molar-refractivity contribution >= 4 is 64.9 Å². The van der Waals surface area contributed by atoms with Crippen molar-refractivity contribution in [3.63, 3.8) is 0 Å². The molecule has 1 fully saturated rings. The van der Waals surface area contributed by atoms with Gasteiger partial charge >= 0.3 is 0 Å². The summed E-state index contributed by atoms with van der Waals surface area (Å²) >= 11 is 6.75. The molecule has 0 aliphatic carbocycles. The fourth-order valence-corrected chi connectivity index (χ4v) is 13.9. The predicted octanol–water partition coefficient (Wildman–Crippen LogP) is 8.19. The molecule has 1 saturated heterocycles. The third-order valence-electron chi connectivity index (χ3n) is 12.7. The standard InChI is InChI=1S/C49H51ClN4O6Si/c1-32-47(61(3,4)39-20-18-38(59-2)19-21-39)44(28-46(57)53(23-24-55)30-33-11-6-5-7-12-33)60-49(32)41-27-36(50)17-22-43(41)54(48(49)58)31-34-13-10-14-37(25-34)52-45(56)26-35-29-51-42-16-9-8-15-40(35)42/h5-22,25,27,29,32,44,47,51,55H,23-24,26,28,30-31H2,1-4H3,(H,52,56)/t32-,44+,47-,49+/m0/s1. The number of nitrogens with zero attached hydrogens (tertiary/aromatic N) is 2. The topological polar surface area (TPSA) is 124 Å². The molecule has 314 valence electrons. The number of hydrogen-bond acceptors (Lipinski definition) is 6. The van der Waals surface area contributed by atoms with E-state index in [4.69, 9.17) is 21.1 Å². The zero-order chi connectivity index (χ0) is 42.9. The van der Waals surface area contributed by atoms with E-state index < -0.39 is 19.8 Å². The number of rotatable bonds is 14. The summed E-state index contributed by atoms with van der Waals surface area (Å²) in [5.74, 6) is -0.144. The van der Waals surface area contributed by atoms with Crippen molar-refractivity contribution < 1.29 is 29.0 Å². The van der Waals surface area contributed by atoms with Crippen LogP contribution in [-0.4, -0.2) is 67.2 Å². The first-order valence-corrected chi connectivity index (χ1v) is 24.2. The van der Waals surface area contributed by atoms with Crippen LogP contribution >= 0.6 is 11.6 Å². The summed E-state index contributed by atoms with van der Waals surface area (Å²) in [5.41, 5.74) is 4.03. The average Bonchev–Trinajstić information content (AvgIpc) is 3.87. The quantitative estimate of drug-likeness (QED) is 0.0951. The number of aliphatic hydroxyl groups excluding tert-OH is 1. The number of methoxy groups -OCH3 is 1. The van der Waals surface area contributed by atoms with Gasteiger partial charge in [0.15, 0.2) is 5.60 Å². The van der Waals surface area contributed by atoms with Crippen LogP contribution in [0.1, 0.15) is 35.6 Å². The number of ether oxygens (including phenoxy) is 2. The number of nitrogens with one attached hydrogen (secondary N) is 2. The number of anilines is 2. The molecule has 3 N–H and O–H groups in total. The van der Waals surface area contributed by atoms with Crippen LogP contribution in [0.3, 0.4) is 0 Å². The number of hydrogen-bond donors (Lipinski definition) is 3. The Morgan fingerprint density at radius 1 is 0.951 bits per heavy atom. The van der Waals surface area contributed by atoms with Gasteiger partial charge in [0.2, 0.25) is 11.8 Å². The number of aromatic amines is 1. The van der Waals surface area contributed by atoms with E-state index in [1.165, 1.54) is 0 Å². The molecule has 0 unspecified atom stereocenters. The molecule has 1 aromatic heterocycles. The Labute approximate surface area is 362 Å². The number of aromatic nitrogens is 1. The van der Waals surface area contributed by atoms with Gasteiger partial charge in [-0.25, -0.2) is 0 Å². The minimum absolute atomic E-state index is 0.0274. The highest BCUT2D eigenvalue weighted by Crippen LogP contribution is 2.60. The summed E-state index contributed by atoms with van der Waals surface area (Å²) in [5, 5.41) is 15.7. The van der Waals surface area contributed by atoms with Gasteiger partial charge in [0.05, 0.1) is 53.0 Å². The van der Waals surface area contributed by atoms with Gasteiger partial charge in [-0.15, -0.1) is 0 Å². The number of aliphatic hydroxyl groups is 1. The number of para-hydroxylation sites is 1. The number of carbonyl (C=O) groups excluding carboxylic acids is 3. The Balaban J connectivity index is 1.11. The lowest BCUT2D eigenvalue weighted by Crippen LogP contribution is -2.52. The summed E-state index contributed by atoms with van der Waals surface area (Å²) < 4.78 is 12.7. The number of benzene rings is 5. The van der Waals surface area contributed by atoms with Crippen molar-refractivity contribution in [3.8, 4) is 5.75 Å². The zero-order valence-electron chi connectivity index (χ0n) is 34.9. The molecule has 4 atom stereocenters. The van der Waals surface area contributed by atoms with Gasteiger partial charge in [0, 0.05) is 52.4 Å². The van der Waals surface area contributed by atoms with Crippen molar-refractivity contribution in [1.82, 2.24) is 9.88 Å². The first kappa shape index (κ1) is 42.0. The third kappa shape index (κ3) is 8.11. The van der Waals surface area contributed by atoms with Crippen molar-refractivity contribution in [2.24, 2.45) is 5.92 Å². The van der Waals surface area contributed by atoms with E-state index in [1.807, 2.05) is 109 Å². The van der Waals surface area contributed by atoms with E-state index in [1.54, 1.807) is 23.0 Å². The number of amides is 3. The molecule has 3 heterocycles. The van der Waals surface area contributed by atoms with Gasteiger partial charge in [-0.3, -0.25) is 14.4 Å². The van der Waals surface area contributed by atoms with Crippen LogP contribution in [0.5, 0.6) is 5.75 Å². The summed E-state index contributed by atoms with van der Waals surface area (Å²) in [6.45, 7) is 7.17. The maximum absolute atomic E-state index is 15.4. The van der Waals surface area contributed by atoms with Gasteiger partial charge in [-0.2, -0.15) is 0 Å². The Hall–Kier alpha value is -5.72. The molecule has 8 rings (SSSR count). The molecule has 10 nitrogen and oxygen atoms in total. The summed E-state index contributed by atoms with van der Waals surface area (Å²) in [4.78, 5) is 49.8. The number of halogens is 1. The van der Waals surface area contributed by atoms with Gasteiger partial charge in [0.1, 0.15) is 5.75 Å². The molecule has 2 aliphatic heterocycles. The van der Waals surface area contributed by atoms with E-state index >= 15 is 4.79 Å². The Morgan fingerprint density at radius 3 is 2.44 bits per heavy atom. The molecular formula is C49H51ClN4O6Si. The maximum atomic E-state index is 15.4. The van der Waals surface area contributed by atoms with Crippen LogP contribution in [0, 0.1) is 5.92 Å². The molecule has 3 amide bonds. The monoisotopic (exact) mass is 854 g/mol. The van der Waals surface area contributed by atoms with Crippen molar-refractivity contribution in [3.05, 3.63) is 155 Å². The summed E-state index contributed by atoms with van der Waals surface area (Å²) in [6, 6.07) is 38.8. The van der Waals surface area contributed by atoms with Gasteiger partial charge in [-0.05, 0) is 70.8 Å². The Kier molecular flexibility index (Phi) is 11.9. The van der Waals surface area contributed by atoms with Crippen LogP contribution in [0.15, 0.2) is 128 Å². The fraction of sp³-hybridized carbons (Fsp3) is 0.286. The first-order chi connectivity index (χ1) is 29.4. The average molecular weight is 856 g/mol. The molecule has 12 heteroatoms. The van der Waals surface area contributed by atoms with E-state index in [-0.39, 0.29) is 61.7 Å². The second kappa shape index (κ2) is 17.3. The third-order valence-corrected chi connectivity index (χ3v) is 17.3. The molecule has 0 saturated carbocycles. The van der Waals surface area contributed by atoms with Gasteiger partial charge in [0.25, 0.3) is 5.91 Å². The maximum Gasteiger partial charge on any atom is 0.264 e. The number of fused-ring (bicyclic) bond motifs is 3.